The van der Waals surface area contributed by atoms with Gasteiger partial charge >= 0.3 is 0 Å². The van der Waals surface area contributed by atoms with E-state index in [0.717, 1.165) is 29.2 Å². The van der Waals surface area contributed by atoms with Crippen molar-refractivity contribution in [3.05, 3.63) is 18.2 Å². The van der Waals surface area contributed by atoms with E-state index in [-0.39, 0.29) is 11.4 Å². The molecule has 0 bridgehead atoms. The largest absolute Gasteiger partial charge is 0.454 e. The van der Waals surface area contributed by atoms with Crippen molar-refractivity contribution in [3.63, 3.8) is 0 Å². The van der Waals surface area contributed by atoms with E-state index < -0.39 is 0 Å². The predicted octanol–water partition coefficient (Wildman–Crippen LogP) is 2.42. The van der Waals surface area contributed by atoms with Gasteiger partial charge in [-0.15, -0.1) is 11.8 Å². The predicted molar refractivity (Wildman–Crippen MR) is 62.1 cm³/mol. The number of aliphatic hydroxyl groups is 1. The Morgan fingerprint density at radius 1 is 1.25 bits per heavy atom. The second kappa shape index (κ2) is 3.86. The van der Waals surface area contributed by atoms with Crippen molar-refractivity contribution in [2.24, 2.45) is 0 Å². The van der Waals surface area contributed by atoms with Crippen molar-refractivity contribution in [3.8, 4) is 11.5 Å². The highest BCUT2D eigenvalue weighted by molar-refractivity contribution is 8.00. The lowest BCUT2D eigenvalue weighted by atomic mass is 9.85. The third-order valence-electron chi connectivity index (χ3n) is 3.23. The number of fused-ring (bicyclic) bond motifs is 1. The van der Waals surface area contributed by atoms with Crippen molar-refractivity contribution >= 4 is 11.8 Å². The van der Waals surface area contributed by atoms with E-state index in [1.165, 1.54) is 6.42 Å². The summed E-state index contributed by atoms with van der Waals surface area (Å²) in [5.74, 6) is 1.63. The number of hydrogen-bond donors (Lipinski definition) is 1. The zero-order valence-corrected chi connectivity index (χ0v) is 9.76. The van der Waals surface area contributed by atoms with Crippen LogP contribution in [0.15, 0.2) is 23.1 Å². The Balaban J connectivity index is 1.80. The van der Waals surface area contributed by atoms with E-state index in [1.807, 2.05) is 18.2 Å². The normalized spacial score (nSPS) is 20.6. The van der Waals surface area contributed by atoms with Crippen LogP contribution in [0.25, 0.3) is 0 Å². The molecule has 0 unspecified atom stereocenters. The lowest BCUT2D eigenvalue weighted by molar-refractivity contribution is 0.174. The van der Waals surface area contributed by atoms with Gasteiger partial charge in [-0.25, -0.2) is 0 Å². The van der Waals surface area contributed by atoms with Gasteiger partial charge in [0.25, 0.3) is 0 Å². The molecule has 1 aromatic rings. The van der Waals surface area contributed by atoms with Crippen LogP contribution in [-0.2, 0) is 0 Å². The van der Waals surface area contributed by atoms with Crippen LogP contribution in [0.5, 0.6) is 11.5 Å². The molecule has 0 saturated heterocycles. The van der Waals surface area contributed by atoms with Gasteiger partial charge in [-0.1, -0.05) is 6.42 Å². The number of aliphatic hydroxyl groups excluding tert-OH is 1. The minimum Gasteiger partial charge on any atom is -0.454 e. The number of ether oxygens (including phenoxy) is 2. The molecule has 3 rings (SSSR count). The summed E-state index contributed by atoms with van der Waals surface area (Å²) in [6.45, 7) is 0.570. The summed E-state index contributed by atoms with van der Waals surface area (Å²) in [4.78, 5) is 1.15. The Bertz CT molecular complexity index is 396. The van der Waals surface area contributed by atoms with Crippen LogP contribution in [0.2, 0.25) is 0 Å². The van der Waals surface area contributed by atoms with Crippen molar-refractivity contribution in [1.82, 2.24) is 0 Å². The maximum Gasteiger partial charge on any atom is 0.231 e. The van der Waals surface area contributed by atoms with E-state index in [2.05, 4.69) is 0 Å². The van der Waals surface area contributed by atoms with Gasteiger partial charge in [-0.3, -0.25) is 0 Å². The fraction of sp³-hybridized carbons (Fsp3) is 0.500. The number of thioether (sulfide) groups is 1. The van der Waals surface area contributed by atoms with Crippen molar-refractivity contribution in [2.75, 3.05) is 13.4 Å². The molecule has 1 saturated carbocycles. The first-order valence-corrected chi connectivity index (χ1v) is 6.33. The van der Waals surface area contributed by atoms with Crippen LogP contribution < -0.4 is 9.47 Å². The Labute approximate surface area is 98.8 Å². The molecule has 0 atom stereocenters. The first-order chi connectivity index (χ1) is 7.81. The van der Waals surface area contributed by atoms with Gasteiger partial charge in [0.15, 0.2) is 11.5 Å². The first-order valence-electron chi connectivity index (χ1n) is 5.51. The fourth-order valence-electron chi connectivity index (χ4n) is 2.05. The van der Waals surface area contributed by atoms with Crippen molar-refractivity contribution in [1.29, 1.82) is 0 Å². The third kappa shape index (κ3) is 1.66. The molecule has 0 aromatic heterocycles. The van der Waals surface area contributed by atoms with Gasteiger partial charge in [-0.05, 0) is 31.0 Å². The maximum absolute atomic E-state index is 9.41. The van der Waals surface area contributed by atoms with Crippen LogP contribution in [0.4, 0.5) is 0 Å². The summed E-state index contributed by atoms with van der Waals surface area (Å²) in [6.07, 6.45) is 3.42. The number of hydrogen-bond acceptors (Lipinski definition) is 4. The third-order valence-corrected chi connectivity index (χ3v) is 4.69. The van der Waals surface area contributed by atoms with Gasteiger partial charge < -0.3 is 14.6 Å². The molecule has 1 aromatic carbocycles. The molecule has 16 heavy (non-hydrogen) atoms. The highest BCUT2D eigenvalue weighted by Crippen LogP contribution is 2.48. The highest BCUT2D eigenvalue weighted by atomic mass is 32.2. The van der Waals surface area contributed by atoms with Gasteiger partial charge in [0.2, 0.25) is 6.79 Å². The number of rotatable bonds is 3. The molecule has 1 N–H and O–H groups in total. The van der Waals surface area contributed by atoms with Gasteiger partial charge in [-0.2, -0.15) is 0 Å². The Morgan fingerprint density at radius 2 is 2.06 bits per heavy atom. The van der Waals surface area contributed by atoms with Crippen molar-refractivity contribution < 1.29 is 14.6 Å². The lowest BCUT2D eigenvalue weighted by Crippen LogP contribution is -2.37. The minimum atomic E-state index is 0.0493. The van der Waals surface area contributed by atoms with Crippen molar-refractivity contribution in [2.45, 2.75) is 28.9 Å². The van der Waals surface area contributed by atoms with E-state index in [4.69, 9.17) is 9.47 Å². The lowest BCUT2D eigenvalue weighted by Gasteiger charge is -2.39. The Hall–Kier alpha value is -0.870. The molecule has 0 amide bonds. The average Bonchev–Trinajstić information content (AvgIpc) is 2.70. The summed E-state index contributed by atoms with van der Waals surface area (Å²) in [5, 5.41) is 9.41. The molecule has 0 spiro atoms. The quantitative estimate of drug-likeness (QED) is 0.877. The summed E-state index contributed by atoms with van der Waals surface area (Å²) in [7, 11) is 0. The summed E-state index contributed by atoms with van der Waals surface area (Å²) in [5.41, 5.74) is 0. The van der Waals surface area contributed by atoms with Crippen LogP contribution in [-0.4, -0.2) is 23.3 Å². The molecular weight excluding hydrogens is 224 g/mol. The summed E-state index contributed by atoms with van der Waals surface area (Å²) < 4.78 is 10.7. The highest BCUT2D eigenvalue weighted by Gasteiger charge is 2.37. The molecule has 1 aliphatic carbocycles. The standard InChI is InChI=1S/C12H14O3S/c13-7-12(4-1-5-12)16-9-2-3-10-11(6-9)15-8-14-10/h2-3,6,13H,1,4-5,7-8H2. The van der Waals surface area contributed by atoms with Crippen LogP contribution in [0.1, 0.15) is 19.3 Å². The smallest absolute Gasteiger partial charge is 0.231 e. The molecule has 4 heteroatoms. The monoisotopic (exact) mass is 238 g/mol. The second-order valence-electron chi connectivity index (χ2n) is 4.31. The molecule has 1 heterocycles. The van der Waals surface area contributed by atoms with Gasteiger partial charge in [0.1, 0.15) is 0 Å². The van der Waals surface area contributed by atoms with Gasteiger partial charge in [0.05, 0.1) is 6.61 Å². The molecular formula is C12H14O3S. The average molecular weight is 238 g/mol. The Kier molecular flexibility index (Phi) is 2.48. The molecule has 2 aliphatic rings. The zero-order chi connectivity index (χ0) is 11.0. The number of benzene rings is 1. The van der Waals surface area contributed by atoms with E-state index >= 15 is 0 Å². The zero-order valence-electron chi connectivity index (χ0n) is 8.94. The topological polar surface area (TPSA) is 38.7 Å². The summed E-state index contributed by atoms with van der Waals surface area (Å²) >= 11 is 1.76. The molecule has 1 aliphatic heterocycles. The second-order valence-corrected chi connectivity index (χ2v) is 5.85. The molecule has 0 radical (unpaired) electrons. The molecule has 3 nitrogen and oxygen atoms in total. The Morgan fingerprint density at radius 3 is 2.75 bits per heavy atom. The SMILES string of the molecule is OCC1(Sc2ccc3c(c2)OCO3)CCC1. The maximum atomic E-state index is 9.41. The van der Waals surface area contributed by atoms with E-state index in [9.17, 15) is 5.11 Å². The van der Waals surface area contributed by atoms with Crippen LogP contribution >= 0.6 is 11.8 Å². The summed E-state index contributed by atoms with van der Waals surface area (Å²) in [6, 6.07) is 5.98. The first kappa shape index (κ1) is 10.3. The van der Waals surface area contributed by atoms with Crippen LogP contribution in [0.3, 0.4) is 0 Å². The van der Waals surface area contributed by atoms with E-state index in [1.54, 1.807) is 11.8 Å². The molecule has 1 fully saturated rings. The minimum absolute atomic E-state index is 0.0493. The van der Waals surface area contributed by atoms with E-state index in [0.29, 0.717) is 6.79 Å². The van der Waals surface area contributed by atoms with Gasteiger partial charge in [0, 0.05) is 9.64 Å². The van der Waals surface area contributed by atoms with Crippen LogP contribution in [0, 0.1) is 0 Å². The molecule has 86 valence electrons. The fourth-order valence-corrected chi connectivity index (χ4v) is 3.41.